The molecule has 5 heteroatoms. The van der Waals surface area contributed by atoms with Gasteiger partial charge in [-0.25, -0.2) is 0 Å². The molecule has 21 heavy (non-hydrogen) atoms. The molecule has 5 nitrogen and oxygen atoms in total. The Balaban J connectivity index is 3.37. The van der Waals surface area contributed by atoms with Gasteiger partial charge in [-0.05, 0) is 6.42 Å². The van der Waals surface area contributed by atoms with E-state index in [4.69, 9.17) is 5.11 Å². The molecule has 0 unspecified atom stereocenters. The maximum Gasteiger partial charge on any atom is 0.314 e. The molecule has 0 rings (SSSR count). The predicted molar refractivity (Wildman–Crippen MR) is 79.8 cm³/mol. The summed E-state index contributed by atoms with van der Waals surface area (Å²) in [5, 5.41) is 8.40. The summed E-state index contributed by atoms with van der Waals surface area (Å²) >= 11 is 0. The van der Waals surface area contributed by atoms with Gasteiger partial charge in [0.1, 0.15) is 0 Å². The van der Waals surface area contributed by atoms with E-state index in [1.165, 1.54) is 38.5 Å². The lowest BCUT2D eigenvalue weighted by Gasteiger charge is -2.03. The smallest absolute Gasteiger partial charge is 0.314 e. The first-order valence-electron chi connectivity index (χ1n) is 8.01. The summed E-state index contributed by atoms with van der Waals surface area (Å²) in [5.41, 5.74) is 0. The normalized spacial score (nSPS) is 10.3. The van der Waals surface area contributed by atoms with Gasteiger partial charge in [0.15, 0.2) is 0 Å². The highest BCUT2D eigenvalue weighted by atomic mass is 16.6. The third-order valence-electron chi connectivity index (χ3n) is 3.26. The van der Waals surface area contributed by atoms with Crippen LogP contribution in [-0.4, -0.2) is 23.0 Å². The van der Waals surface area contributed by atoms with Crippen LogP contribution in [0.1, 0.15) is 84.0 Å². The molecule has 0 aliphatic heterocycles. The highest BCUT2D eigenvalue weighted by Gasteiger charge is 2.11. The minimum absolute atomic E-state index is 0.231. The van der Waals surface area contributed by atoms with Crippen molar-refractivity contribution in [3.8, 4) is 0 Å². The zero-order valence-corrected chi connectivity index (χ0v) is 13.1. The molecule has 0 spiro atoms. The van der Waals surface area contributed by atoms with Crippen molar-refractivity contribution in [3.63, 3.8) is 0 Å². The zero-order chi connectivity index (χ0) is 15.9. The van der Waals surface area contributed by atoms with Crippen LogP contribution in [0.3, 0.4) is 0 Å². The van der Waals surface area contributed by atoms with Crippen molar-refractivity contribution in [2.75, 3.05) is 0 Å². The van der Waals surface area contributed by atoms with Crippen molar-refractivity contribution in [1.82, 2.24) is 0 Å². The molecule has 0 aliphatic rings. The first-order chi connectivity index (χ1) is 10.1. The summed E-state index contributed by atoms with van der Waals surface area (Å²) < 4.78 is 4.53. The first-order valence-corrected chi connectivity index (χ1v) is 8.01. The molecule has 0 aromatic carbocycles. The van der Waals surface area contributed by atoms with E-state index >= 15 is 0 Å². The Kier molecular flexibility index (Phi) is 12.7. The summed E-state index contributed by atoms with van der Waals surface area (Å²) in [6.45, 7) is 2.20. The SMILES string of the molecule is CCCCCCCCCCCC(=O)OC(=O)CCC(=O)O. The van der Waals surface area contributed by atoms with Gasteiger partial charge in [0.25, 0.3) is 0 Å². The second-order valence-electron chi connectivity index (χ2n) is 5.32. The van der Waals surface area contributed by atoms with E-state index in [9.17, 15) is 14.4 Å². The maximum absolute atomic E-state index is 11.3. The van der Waals surface area contributed by atoms with E-state index in [2.05, 4.69) is 11.7 Å². The summed E-state index contributed by atoms with van der Waals surface area (Å²) in [7, 11) is 0. The van der Waals surface area contributed by atoms with E-state index in [1.807, 2.05) is 0 Å². The van der Waals surface area contributed by atoms with E-state index in [1.54, 1.807) is 0 Å². The van der Waals surface area contributed by atoms with E-state index in [0.29, 0.717) is 0 Å². The van der Waals surface area contributed by atoms with Crippen molar-refractivity contribution in [2.24, 2.45) is 0 Å². The molecule has 0 amide bonds. The number of unbranched alkanes of at least 4 members (excludes halogenated alkanes) is 8. The number of carbonyl (C=O) groups is 3. The number of hydrogen-bond donors (Lipinski definition) is 1. The minimum atomic E-state index is -1.07. The fraction of sp³-hybridized carbons (Fsp3) is 0.812. The van der Waals surface area contributed by atoms with Crippen LogP contribution in [0.15, 0.2) is 0 Å². The molecule has 122 valence electrons. The van der Waals surface area contributed by atoms with Gasteiger partial charge in [0.2, 0.25) is 0 Å². The van der Waals surface area contributed by atoms with Gasteiger partial charge in [-0.15, -0.1) is 0 Å². The number of hydrogen-bond acceptors (Lipinski definition) is 4. The van der Waals surface area contributed by atoms with Crippen LogP contribution in [0.25, 0.3) is 0 Å². The monoisotopic (exact) mass is 300 g/mol. The van der Waals surface area contributed by atoms with E-state index in [-0.39, 0.29) is 19.3 Å². The zero-order valence-electron chi connectivity index (χ0n) is 13.1. The van der Waals surface area contributed by atoms with Crippen molar-refractivity contribution in [1.29, 1.82) is 0 Å². The number of aliphatic carboxylic acids is 1. The average Bonchev–Trinajstić information content (AvgIpc) is 2.43. The van der Waals surface area contributed by atoms with Crippen LogP contribution in [0.5, 0.6) is 0 Å². The lowest BCUT2D eigenvalue weighted by molar-refractivity contribution is -0.161. The summed E-state index contributed by atoms with van der Waals surface area (Å²) in [6.07, 6.45) is 10.1. The van der Waals surface area contributed by atoms with Crippen molar-refractivity contribution in [2.45, 2.75) is 84.0 Å². The number of ether oxygens (including phenoxy) is 1. The number of rotatable bonds is 13. The predicted octanol–water partition coefficient (Wildman–Crippen LogP) is 3.84. The highest BCUT2D eigenvalue weighted by molar-refractivity contribution is 5.86. The molecular formula is C16H28O5. The third-order valence-corrected chi connectivity index (χ3v) is 3.26. The van der Waals surface area contributed by atoms with Crippen molar-refractivity contribution < 1.29 is 24.2 Å². The van der Waals surface area contributed by atoms with Gasteiger partial charge in [-0.2, -0.15) is 0 Å². The number of carboxylic acid groups (broad SMARTS) is 1. The van der Waals surface area contributed by atoms with Gasteiger partial charge in [0, 0.05) is 6.42 Å². The lowest BCUT2D eigenvalue weighted by Crippen LogP contribution is -2.13. The molecule has 0 aromatic rings. The van der Waals surface area contributed by atoms with Gasteiger partial charge >= 0.3 is 17.9 Å². The largest absolute Gasteiger partial charge is 0.481 e. The lowest BCUT2D eigenvalue weighted by atomic mass is 10.1. The Hall–Kier alpha value is -1.39. The van der Waals surface area contributed by atoms with Crippen LogP contribution in [0.4, 0.5) is 0 Å². The van der Waals surface area contributed by atoms with Crippen molar-refractivity contribution >= 4 is 17.9 Å². The molecular weight excluding hydrogens is 272 g/mol. The van der Waals surface area contributed by atoms with Gasteiger partial charge < -0.3 is 9.84 Å². The molecule has 0 aliphatic carbocycles. The quantitative estimate of drug-likeness (QED) is 0.317. The molecule has 0 saturated carbocycles. The molecule has 0 saturated heterocycles. The number of carbonyl (C=O) groups excluding carboxylic acids is 2. The average molecular weight is 300 g/mol. The third kappa shape index (κ3) is 14.8. The summed E-state index contributed by atoms with van der Waals surface area (Å²) in [6, 6.07) is 0. The highest BCUT2D eigenvalue weighted by Crippen LogP contribution is 2.10. The van der Waals surface area contributed by atoms with Gasteiger partial charge in [0.05, 0.1) is 12.8 Å². The second kappa shape index (κ2) is 13.6. The molecule has 1 N–H and O–H groups in total. The first kappa shape index (κ1) is 19.6. The Morgan fingerprint density at radius 1 is 0.714 bits per heavy atom. The minimum Gasteiger partial charge on any atom is -0.481 e. The number of carboxylic acids is 1. The van der Waals surface area contributed by atoms with Crippen LogP contribution >= 0.6 is 0 Å². The molecule has 0 heterocycles. The van der Waals surface area contributed by atoms with Crippen LogP contribution in [-0.2, 0) is 19.1 Å². The topological polar surface area (TPSA) is 80.7 Å². The summed E-state index contributed by atoms with van der Waals surface area (Å²) in [5.74, 6) is -2.37. The Labute approximate surface area is 127 Å². The molecule has 0 fully saturated rings. The van der Waals surface area contributed by atoms with Gasteiger partial charge in [-0.3, -0.25) is 14.4 Å². The van der Waals surface area contributed by atoms with Crippen LogP contribution in [0.2, 0.25) is 0 Å². The maximum atomic E-state index is 11.3. The summed E-state index contributed by atoms with van der Waals surface area (Å²) in [4.78, 5) is 32.7. The molecule has 0 aromatic heterocycles. The standard InChI is InChI=1S/C16H28O5/c1-2-3-4-5-6-7-8-9-10-11-15(19)21-16(20)13-12-14(17)18/h2-13H2,1H3,(H,17,18). The van der Waals surface area contributed by atoms with E-state index in [0.717, 1.165) is 19.3 Å². The Morgan fingerprint density at radius 2 is 1.19 bits per heavy atom. The Morgan fingerprint density at radius 3 is 1.71 bits per heavy atom. The van der Waals surface area contributed by atoms with Crippen LogP contribution in [0, 0.1) is 0 Å². The van der Waals surface area contributed by atoms with Crippen LogP contribution < -0.4 is 0 Å². The fourth-order valence-corrected chi connectivity index (χ4v) is 2.02. The fourth-order valence-electron chi connectivity index (χ4n) is 2.02. The molecule has 0 radical (unpaired) electrons. The molecule has 0 atom stereocenters. The molecule has 0 bridgehead atoms. The Bertz CT molecular complexity index is 312. The van der Waals surface area contributed by atoms with Crippen molar-refractivity contribution in [3.05, 3.63) is 0 Å². The number of esters is 2. The van der Waals surface area contributed by atoms with E-state index < -0.39 is 17.9 Å². The second-order valence-corrected chi connectivity index (χ2v) is 5.32. The van der Waals surface area contributed by atoms with Gasteiger partial charge in [-0.1, -0.05) is 58.3 Å².